The number of aromatic nitrogens is 4. The van der Waals surface area contributed by atoms with Crippen molar-refractivity contribution in [3.63, 3.8) is 0 Å². The zero-order chi connectivity index (χ0) is 20.4. The van der Waals surface area contributed by atoms with E-state index >= 15 is 0 Å². The van der Waals surface area contributed by atoms with Crippen LogP contribution in [0.25, 0.3) is 16.9 Å². The standard InChI is InChI=1S/C21H22BN5O2/c1-3-18-20(23-13-15-7-6-9-17(12-15)22(28)29)24-21(26-25-18)27-14(2)11-16-8-4-5-10-19(16)27/h4-12,28-29H,3,13H2,1-2H3,(H,23,24,26). The molecule has 0 unspecified atom stereocenters. The number of para-hydroxylation sites is 1. The zero-order valence-corrected chi connectivity index (χ0v) is 16.4. The Morgan fingerprint density at radius 2 is 1.86 bits per heavy atom. The van der Waals surface area contributed by atoms with Crippen LogP contribution in [0.5, 0.6) is 0 Å². The summed E-state index contributed by atoms with van der Waals surface area (Å²) in [6.45, 7) is 4.52. The van der Waals surface area contributed by atoms with Crippen molar-refractivity contribution in [1.29, 1.82) is 0 Å². The molecule has 0 aliphatic rings. The summed E-state index contributed by atoms with van der Waals surface area (Å²) in [7, 11) is -1.49. The van der Waals surface area contributed by atoms with Crippen LogP contribution in [0, 0.1) is 6.92 Å². The third kappa shape index (κ3) is 3.85. The van der Waals surface area contributed by atoms with Gasteiger partial charge in [0.15, 0.2) is 5.82 Å². The van der Waals surface area contributed by atoms with Gasteiger partial charge in [-0.2, -0.15) is 4.98 Å². The molecular formula is C21H22BN5O2. The number of hydrogen-bond donors (Lipinski definition) is 3. The lowest BCUT2D eigenvalue weighted by Gasteiger charge is -2.12. The molecule has 2 heterocycles. The molecule has 0 saturated carbocycles. The molecule has 0 saturated heterocycles. The van der Waals surface area contributed by atoms with E-state index in [-0.39, 0.29) is 0 Å². The number of hydrogen-bond acceptors (Lipinski definition) is 6. The number of fused-ring (bicyclic) bond motifs is 1. The molecule has 4 rings (SSSR count). The number of benzene rings is 2. The molecule has 2 aromatic heterocycles. The second-order valence-electron chi connectivity index (χ2n) is 6.91. The van der Waals surface area contributed by atoms with E-state index in [1.807, 2.05) is 42.7 Å². The molecule has 0 bridgehead atoms. The van der Waals surface area contributed by atoms with E-state index in [1.54, 1.807) is 18.2 Å². The summed E-state index contributed by atoms with van der Waals surface area (Å²) in [5.41, 5.74) is 4.22. The maximum absolute atomic E-state index is 9.37. The molecule has 8 heteroatoms. The Balaban J connectivity index is 1.67. The molecule has 146 valence electrons. The molecule has 7 nitrogen and oxygen atoms in total. The Morgan fingerprint density at radius 1 is 1.03 bits per heavy atom. The maximum Gasteiger partial charge on any atom is 0.488 e. The van der Waals surface area contributed by atoms with Crippen molar-refractivity contribution in [3.05, 3.63) is 71.5 Å². The largest absolute Gasteiger partial charge is 0.488 e. The zero-order valence-electron chi connectivity index (χ0n) is 16.4. The fraction of sp³-hybridized carbons (Fsp3) is 0.190. The molecule has 3 N–H and O–H groups in total. The van der Waals surface area contributed by atoms with Gasteiger partial charge in [0.05, 0.1) is 5.52 Å². The predicted octanol–water partition coefficient (Wildman–Crippen LogP) is 1.98. The van der Waals surface area contributed by atoms with Gasteiger partial charge < -0.3 is 15.4 Å². The van der Waals surface area contributed by atoms with Crippen molar-refractivity contribution in [2.45, 2.75) is 26.8 Å². The van der Waals surface area contributed by atoms with Gasteiger partial charge in [-0.15, -0.1) is 10.2 Å². The number of aryl methyl sites for hydroxylation is 2. The highest BCUT2D eigenvalue weighted by molar-refractivity contribution is 6.58. The van der Waals surface area contributed by atoms with Crippen molar-refractivity contribution in [3.8, 4) is 5.95 Å². The van der Waals surface area contributed by atoms with E-state index in [1.165, 1.54) is 0 Å². The highest BCUT2D eigenvalue weighted by Gasteiger charge is 2.14. The molecule has 4 aromatic rings. The van der Waals surface area contributed by atoms with Crippen molar-refractivity contribution in [1.82, 2.24) is 19.7 Å². The van der Waals surface area contributed by atoms with E-state index in [0.29, 0.717) is 30.2 Å². The summed E-state index contributed by atoms with van der Waals surface area (Å²) in [5, 5.41) is 31.9. The van der Waals surface area contributed by atoms with Crippen LogP contribution < -0.4 is 10.8 Å². The van der Waals surface area contributed by atoms with E-state index in [4.69, 9.17) is 4.98 Å². The number of rotatable bonds is 6. The predicted molar refractivity (Wildman–Crippen MR) is 114 cm³/mol. The van der Waals surface area contributed by atoms with E-state index in [2.05, 4.69) is 27.6 Å². The minimum atomic E-state index is -1.49. The van der Waals surface area contributed by atoms with Gasteiger partial charge in [-0.3, -0.25) is 4.57 Å². The van der Waals surface area contributed by atoms with Crippen molar-refractivity contribution in [2.75, 3.05) is 5.32 Å². The Labute approximate surface area is 169 Å². The van der Waals surface area contributed by atoms with Crippen LogP contribution in [-0.2, 0) is 13.0 Å². The third-order valence-electron chi connectivity index (χ3n) is 4.88. The lowest BCUT2D eigenvalue weighted by Crippen LogP contribution is -2.30. The number of nitrogens with one attached hydrogen (secondary N) is 1. The average Bonchev–Trinajstić information content (AvgIpc) is 3.08. The van der Waals surface area contributed by atoms with Gasteiger partial charge in [-0.1, -0.05) is 49.4 Å². The highest BCUT2D eigenvalue weighted by atomic mass is 16.4. The van der Waals surface area contributed by atoms with Gasteiger partial charge in [0, 0.05) is 17.6 Å². The Kier molecular flexibility index (Phi) is 5.29. The highest BCUT2D eigenvalue weighted by Crippen LogP contribution is 2.23. The van der Waals surface area contributed by atoms with Gasteiger partial charge in [0.2, 0.25) is 0 Å². The lowest BCUT2D eigenvalue weighted by atomic mass is 9.80. The summed E-state index contributed by atoms with van der Waals surface area (Å²) in [4.78, 5) is 4.75. The van der Waals surface area contributed by atoms with Gasteiger partial charge in [-0.05, 0) is 36.5 Å². The number of nitrogens with zero attached hydrogens (tertiary/aromatic N) is 4. The summed E-state index contributed by atoms with van der Waals surface area (Å²) in [6, 6.07) is 17.4. The molecule has 29 heavy (non-hydrogen) atoms. The van der Waals surface area contributed by atoms with Gasteiger partial charge >= 0.3 is 7.12 Å². The summed E-state index contributed by atoms with van der Waals surface area (Å²) in [6.07, 6.45) is 0.698. The van der Waals surface area contributed by atoms with Crippen LogP contribution in [0.3, 0.4) is 0 Å². The fourth-order valence-electron chi connectivity index (χ4n) is 3.42. The molecule has 0 fully saturated rings. The molecule has 0 spiro atoms. The molecule has 0 aliphatic heterocycles. The first-order valence-electron chi connectivity index (χ1n) is 9.56. The quantitative estimate of drug-likeness (QED) is 0.438. The third-order valence-corrected chi connectivity index (χ3v) is 4.88. The molecule has 2 aromatic carbocycles. The minimum Gasteiger partial charge on any atom is -0.423 e. The molecule has 0 atom stereocenters. The first-order valence-corrected chi connectivity index (χ1v) is 9.56. The topological polar surface area (TPSA) is 96.1 Å². The van der Waals surface area contributed by atoms with Gasteiger partial charge in [0.1, 0.15) is 5.69 Å². The molecule has 0 radical (unpaired) electrons. The van der Waals surface area contributed by atoms with Crippen LogP contribution in [0.15, 0.2) is 54.6 Å². The molecule has 0 aliphatic carbocycles. The van der Waals surface area contributed by atoms with E-state index < -0.39 is 7.12 Å². The monoisotopic (exact) mass is 387 g/mol. The number of anilines is 1. The Hall–Kier alpha value is -3.23. The van der Waals surface area contributed by atoms with Crippen molar-refractivity contribution < 1.29 is 10.0 Å². The molecule has 0 amide bonds. The second kappa shape index (κ2) is 8.02. The van der Waals surface area contributed by atoms with Gasteiger partial charge in [-0.25, -0.2) is 0 Å². The second-order valence-corrected chi connectivity index (χ2v) is 6.91. The first kappa shape index (κ1) is 19.1. The fourth-order valence-corrected chi connectivity index (χ4v) is 3.42. The first-order chi connectivity index (χ1) is 14.1. The smallest absolute Gasteiger partial charge is 0.423 e. The van der Waals surface area contributed by atoms with Crippen LogP contribution in [-0.4, -0.2) is 36.9 Å². The van der Waals surface area contributed by atoms with Crippen LogP contribution in [0.4, 0.5) is 5.82 Å². The average molecular weight is 387 g/mol. The van der Waals surface area contributed by atoms with Gasteiger partial charge in [0.25, 0.3) is 5.95 Å². The van der Waals surface area contributed by atoms with Crippen LogP contribution in [0.2, 0.25) is 0 Å². The summed E-state index contributed by atoms with van der Waals surface area (Å²) >= 11 is 0. The summed E-state index contributed by atoms with van der Waals surface area (Å²) in [5.74, 6) is 1.19. The van der Waals surface area contributed by atoms with Crippen LogP contribution in [0.1, 0.15) is 23.9 Å². The molecular weight excluding hydrogens is 365 g/mol. The van der Waals surface area contributed by atoms with E-state index in [9.17, 15) is 10.0 Å². The lowest BCUT2D eigenvalue weighted by molar-refractivity contribution is 0.425. The minimum absolute atomic E-state index is 0.455. The maximum atomic E-state index is 9.37. The normalized spacial score (nSPS) is 11.0. The van der Waals surface area contributed by atoms with E-state index in [0.717, 1.165) is 27.9 Å². The van der Waals surface area contributed by atoms with Crippen molar-refractivity contribution >= 4 is 29.3 Å². The SMILES string of the molecule is CCc1nnc(-n2c(C)cc3ccccc32)nc1NCc1cccc(B(O)O)c1. The summed E-state index contributed by atoms with van der Waals surface area (Å²) < 4.78 is 2.00. The van der Waals surface area contributed by atoms with Crippen molar-refractivity contribution in [2.24, 2.45) is 0 Å². The Morgan fingerprint density at radius 3 is 2.66 bits per heavy atom. The van der Waals surface area contributed by atoms with Crippen LogP contribution >= 0.6 is 0 Å². The Bertz CT molecular complexity index is 1160.